The number of nitrogens with one attached hydrogen (secondary N) is 2. The first-order chi connectivity index (χ1) is 13.5. The molecule has 0 bridgehead atoms. The van der Waals surface area contributed by atoms with Crippen molar-refractivity contribution in [2.75, 3.05) is 0 Å². The molecule has 2 aromatic heterocycles. The molecule has 0 radical (unpaired) electrons. The third kappa shape index (κ3) is 3.22. The molecule has 2 aromatic carbocycles. The molecule has 4 aromatic rings. The molecule has 0 fully saturated rings. The van der Waals surface area contributed by atoms with Gasteiger partial charge in [0, 0.05) is 7.05 Å². The maximum absolute atomic E-state index is 12.6. The standard InChI is InChI=1S/C21H21N5O2/c1-14(20-22-12-16(24-20)15-8-4-3-5-9-15)23-19(27)13-26-18-11-7-6-10-17(18)25(2)21(26)28/h3-12,14H,13H2,1-2H3,(H,22,24)(H,23,27). The fourth-order valence-corrected chi connectivity index (χ4v) is 3.34. The van der Waals surface area contributed by atoms with Gasteiger partial charge in [0.2, 0.25) is 5.91 Å². The summed E-state index contributed by atoms with van der Waals surface area (Å²) in [4.78, 5) is 32.6. The van der Waals surface area contributed by atoms with Gasteiger partial charge in [0.25, 0.3) is 0 Å². The Kier molecular flexibility index (Phi) is 4.57. The third-order valence-corrected chi connectivity index (χ3v) is 4.82. The van der Waals surface area contributed by atoms with Crippen LogP contribution in [0.15, 0.2) is 65.6 Å². The highest BCUT2D eigenvalue weighted by atomic mass is 16.2. The summed E-state index contributed by atoms with van der Waals surface area (Å²) >= 11 is 0. The summed E-state index contributed by atoms with van der Waals surface area (Å²) in [6.45, 7) is 1.81. The molecule has 0 saturated heterocycles. The van der Waals surface area contributed by atoms with Crippen molar-refractivity contribution < 1.29 is 4.79 Å². The van der Waals surface area contributed by atoms with E-state index in [9.17, 15) is 9.59 Å². The van der Waals surface area contributed by atoms with Crippen molar-refractivity contribution in [1.82, 2.24) is 24.4 Å². The van der Waals surface area contributed by atoms with E-state index in [0.29, 0.717) is 5.82 Å². The summed E-state index contributed by atoms with van der Waals surface area (Å²) in [7, 11) is 1.70. The summed E-state index contributed by atoms with van der Waals surface area (Å²) in [5.74, 6) is 0.418. The average molecular weight is 375 g/mol. The van der Waals surface area contributed by atoms with E-state index in [1.54, 1.807) is 17.8 Å². The van der Waals surface area contributed by atoms with Crippen molar-refractivity contribution in [2.45, 2.75) is 19.5 Å². The second-order valence-corrected chi connectivity index (χ2v) is 6.75. The molecule has 1 amide bonds. The molecule has 0 aliphatic rings. The Hall–Kier alpha value is -3.61. The highest BCUT2D eigenvalue weighted by molar-refractivity contribution is 5.81. The molecule has 4 rings (SSSR count). The van der Waals surface area contributed by atoms with Crippen molar-refractivity contribution >= 4 is 16.9 Å². The predicted molar refractivity (Wildman–Crippen MR) is 108 cm³/mol. The lowest BCUT2D eigenvalue weighted by molar-refractivity contribution is -0.122. The van der Waals surface area contributed by atoms with Crippen LogP contribution < -0.4 is 11.0 Å². The molecule has 1 unspecified atom stereocenters. The van der Waals surface area contributed by atoms with Crippen molar-refractivity contribution in [3.05, 3.63) is 77.1 Å². The first-order valence-corrected chi connectivity index (χ1v) is 9.08. The lowest BCUT2D eigenvalue weighted by Gasteiger charge is -2.12. The van der Waals surface area contributed by atoms with Gasteiger partial charge in [-0.25, -0.2) is 9.78 Å². The molecule has 2 heterocycles. The quantitative estimate of drug-likeness (QED) is 0.562. The maximum atomic E-state index is 12.6. The van der Waals surface area contributed by atoms with Gasteiger partial charge in [0.15, 0.2) is 0 Å². The number of imidazole rings is 2. The van der Waals surface area contributed by atoms with Crippen LogP contribution in [0.5, 0.6) is 0 Å². The number of rotatable bonds is 5. The van der Waals surface area contributed by atoms with Crippen LogP contribution >= 0.6 is 0 Å². The second kappa shape index (κ2) is 7.19. The number of aromatic amines is 1. The molecule has 142 valence electrons. The van der Waals surface area contributed by atoms with E-state index in [0.717, 1.165) is 22.3 Å². The zero-order chi connectivity index (χ0) is 19.7. The van der Waals surface area contributed by atoms with Crippen LogP contribution in [0.25, 0.3) is 22.3 Å². The predicted octanol–water partition coefficient (Wildman–Crippen LogP) is 2.61. The number of hydrogen-bond acceptors (Lipinski definition) is 3. The van der Waals surface area contributed by atoms with E-state index in [4.69, 9.17) is 0 Å². The van der Waals surface area contributed by atoms with Crippen LogP contribution in [-0.4, -0.2) is 25.0 Å². The minimum atomic E-state index is -0.310. The number of para-hydroxylation sites is 2. The monoisotopic (exact) mass is 375 g/mol. The van der Waals surface area contributed by atoms with E-state index >= 15 is 0 Å². The summed E-state index contributed by atoms with van der Waals surface area (Å²) < 4.78 is 3.03. The fourth-order valence-electron chi connectivity index (χ4n) is 3.34. The first-order valence-electron chi connectivity index (χ1n) is 9.08. The minimum Gasteiger partial charge on any atom is -0.345 e. The molecule has 2 N–H and O–H groups in total. The maximum Gasteiger partial charge on any atom is 0.329 e. The Labute approximate surface area is 161 Å². The zero-order valence-corrected chi connectivity index (χ0v) is 15.7. The highest BCUT2D eigenvalue weighted by Gasteiger charge is 2.17. The molecule has 7 nitrogen and oxygen atoms in total. The molecule has 1 atom stereocenters. The number of carbonyl (C=O) groups excluding carboxylic acids is 1. The van der Waals surface area contributed by atoms with Crippen LogP contribution in [0.3, 0.4) is 0 Å². The van der Waals surface area contributed by atoms with Crippen LogP contribution in [0, 0.1) is 0 Å². The minimum absolute atomic E-state index is 0.0449. The van der Waals surface area contributed by atoms with E-state index in [1.807, 2.05) is 61.5 Å². The van der Waals surface area contributed by atoms with Crippen molar-refractivity contribution in [2.24, 2.45) is 7.05 Å². The highest BCUT2D eigenvalue weighted by Crippen LogP contribution is 2.19. The van der Waals surface area contributed by atoms with E-state index in [-0.39, 0.29) is 24.2 Å². The number of fused-ring (bicyclic) bond motifs is 1. The third-order valence-electron chi connectivity index (χ3n) is 4.82. The number of carbonyl (C=O) groups is 1. The number of aryl methyl sites for hydroxylation is 1. The Bertz CT molecular complexity index is 1190. The smallest absolute Gasteiger partial charge is 0.329 e. The van der Waals surface area contributed by atoms with Gasteiger partial charge in [-0.15, -0.1) is 0 Å². The topological polar surface area (TPSA) is 84.7 Å². The van der Waals surface area contributed by atoms with E-state index in [2.05, 4.69) is 15.3 Å². The lowest BCUT2D eigenvalue weighted by Crippen LogP contribution is -2.34. The molecule has 0 saturated carbocycles. The van der Waals surface area contributed by atoms with Gasteiger partial charge < -0.3 is 10.3 Å². The summed E-state index contributed by atoms with van der Waals surface area (Å²) in [5.41, 5.74) is 3.24. The molecule has 0 aliphatic heterocycles. The number of H-pyrrole nitrogens is 1. The van der Waals surface area contributed by atoms with Crippen molar-refractivity contribution in [3.8, 4) is 11.3 Å². The van der Waals surface area contributed by atoms with Gasteiger partial charge in [-0.1, -0.05) is 42.5 Å². The fraction of sp³-hybridized carbons (Fsp3) is 0.190. The van der Waals surface area contributed by atoms with Gasteiger partial charge >= 0.3 is 5.69 Å². The summed E-state index contributed by atoms with van der Waals surface area (Å²) in [5, 5.41) is 2.91. The summed E-state index contributed by atoms with van der Waals surface area (Å²) in [6.07, 6.45) is 1.75. The Balaban J connectivity index is 1.50. The number of benzene rings is 2. The van der Waals surface area contributed by atoms with Gasteiger partial charge in [-0.05, 0) is 24.6 Å². The van der Waals surface area contributed by atoms with Crippen LogP contribution in [0.4, 0.5) is 0 Å². The average Bonchev–Trinajstić information content (AvgIpc) is 3.29. The Morgan fingerprint density at radius 3 is 2.54 bits per heavy atom. The van der Waals surface area contributed by atoms with Crippen molar-refractivity contribution in [1.29, 1.82) is 0 Å². The first kappa shape index (κ1) is 17.8. The number of amides is 1. The molecule has 0 spiro atoms. The normalized spacial score (nSPS) is 12.2. The van der Waals surface area contributed by atoms with Gasteiger partial charge in [0.1, 0.15) is 12.4 Å². The number of nitrogens with zero attached hydrogens (tertiary/aromatic N) is 3. The van der Waals surface area contributed by atoms with E-state index in [1.165, 1.54) is 4.57 Å². The number of aromatic nitrogens is 4. The Morgan fingerprint density at radius 1 is 1.11 bits per heavy atom. The summed E-state index contributed by atoms with van der Waals surface area (Å²) in [6, 6.07) is 17.0. The van der Waals surface area contributed by atoms with Crippen LogP contribution in [0.2, 0.25) is 0 Å². The number of hydrogen-bond donors (Lipinski definition) is 2. The molecule has 7 heteroatoms. The largest absolute Gasteiger partial charge is 0.345 e. The van der Waals surface area contributed by atoms with Crippen LogP contribution in [-0.2, 0) is 18.4 Å². The molecular formula is C21H21N5O2. The molecular weight excluding hydrogens is 354 g/mol. The lowest BCUT2D eigenvalue weighted by atomic mass is 10.2. The SMILES string of the molecule is CC(NC(=O)Cn1c(=O)n(C)c2ccccc21)c1ncc(-c2ccccc2)[nH]1. The van der Waals surface area contributed by atoms with Crippen LogP contribution in [0.1, 0.15) is 18.8 Å². The zero-order valence-electron chi connectivity index (χ0n) is 15.7. The van der Waals surface area contributed by atoms with Crippen molar-refractivity contribution in [3.63, 3.8) is 0 Å². The van der Waals surface area contributed by atoms with Gasteiger partial charge in [-0.3, -0.25) is 13.9 Å². The van der Waals surface area contributed by atoms with E-state index < -0.39 is 0 Å². The van der Waals surface area contributed by atoms with Gasteiger partial charge in [0.05, 0.1) is 29.0 Å². The molecule has 0 aliphatic carbocycles. The second-order valence-electron chi connectivity index (χ2n) is 6.75. The van der Waals surface area contributed by atoms with Gasteiger partial charge in [-0.2, -0.15) is 0 Å². The molecule has 28 heavy (non-hydrogen) atoms. The Morgan fingerprint density at radius 2 is 1.79 bits per heavy atom.